The minimum Gasteiger partial charge on any atom is -0.409 e. The van der Waals surface area contributed by atoms with Gasteiger partial charge in [-0.15, -0.1) is 0 Å². The molecule has 0 aliphatic heterocycles. The Labute approximate surface area is 90.0 Å². The Morgan fingerprint density at radius 2 is 2.19 bits per heavy atom. The molecule has 0 fully saturated rings. The lowest BCUT2D eigenvalue weighted by atomic mass is 10.3. The molecule has 0 saturated carbocycles. The van der Waals surface area contributed by atoms with Crippen LogP contribution in [-0.4, -0.2) is 26.3 Å². The lowest BCUT2D eigenvalue weighted by Gasteiger charge is -1.98. The van der Waals surface area contributed by atoms with Gasteiger partial charge in [0.15, 0.2) is 5.84 Å². The van der Waals surface area contributed by atoms with Gasteiger partial charge in [-0.2, -0.15) is 0 Å². The maximum Gasteiger partial charge on any atom is 0.268 e. The van der Waals surface area contributed by atoms with Crippen LogP contribution in [0.15, 0.2) is 29.6 Å². The van der Waals surface area contributed by atoms with Crippen molar-refractivity contribution in [1.29, 1.82) is 0 Å². The van der Waals surface area contributed by atoms with Crippen LogP contribution in [0.1, 0.15) is 16.2 Å². The van der Waals surface area contributed by atoms with Gasteiger partial charge in [0.1, 0.15) is 17.0 Å². The van der Waals surface area contributed by atoms with Gasteiger partial charge in [0.05, 0.1) is 0 Å². The van der Waals surface area contributed by atoms with Crippen molar-refractivity contribution >= 4 is 17.4 Å². The van der Waals surface area contributed by atoms with Gasteiger partial charge in [-0.3, -0.25) is 9.20 Å². The van der Waals surface area contributed by atoms with E-state index in [4.69, 9.17) is 16.7 Å². The first-order valence-corrected chi connectivity index (χ1v) is 4.40. The normalized spacial score (nSPS) is 11.9. The topological polar surface area (TPSA) is 119 Å². The molecule has 0 atom stereocenters. The number of aromatic nitrogens is 2. The van der Waals surface area contributed by atoms with Crippen molar-refractivity contribution in [3.8, 4) is 0 Å². The molecule has 16 heavy (non-hydrogen) atoms. The van der Waals surface area contributed by atoms with Gasteiger partial charge in [-0.25, -0.2) is 4.98 Å². The molecule has 0 bridgehead atoms. The van der Waals surface area contributed by atoms with Crippen molar-refractivity contribution in [2.75, 3.05) is 0 Å². The highest BCUT2D eigenvalue weighted by atomic mass is 16.4. The molecule has 7 heteroatoms. The molecule has 0 spiro atoms. The monoisotopic (exact) mass is 219 g/mol. The minimum absolute atomic E-state index is 0.0706. The summed E-state index contributed by atoms with van der Waals surface area (Å²) in [5.74, 6) is -0.946. The number of amides is 1. The number of amidine groups is 1. The molecule has 7 nitrogen and oxygen atoms in total. The summed E-state index contributed by atoms with van der Waals surface area (Å²) >= 11 is 0. The molecule has 2 aromatic heterocycles. The fraction of sp³-hybridized carbons (Fsp3) is 0. The highest BCUT2D eigenvalue weighted by Crippen LogP contribution is 2.11. The first kappa shape index (κ1) is 9.97. The molecule has 0 radical (unpaired) electrons. The van der Waals surface area contributed by atoms with E-state index in [0.717, 1.165) is 0 Å². The van der Waals surface area contributed by atoms with Crippen molar-refractivity contribution in [2.24, 2.45) is 16.6 Å². The smallest absolute Gasteiger partial charge is 0.268 e. The molecule has 2 aromatic rings. The predicted molar refractivity (Wildman–Crippen MR) is 56.2 cm³/mol. The molecule has 0 saturated heterocycles. The number of fused-ring (bicyclic) bond motifs is 1. The summed E-state index contributed by atoms with van der Waals surface area (Å²) in [6.07, 6.45) is 1.62. The number of pyridine rings is 1. The van der Waals surface area contributed by atoms with Crippen molar-refractivity contribution in [2.45, 2.75) is 0 Å². The van der Waals surface area contributed by atoms with E-state index in [1.807, 2.05) is 0 Å². The number of primary amides is 1. The van der Waals surface area contributed by atoms with E-state index >= 15 is 0 Å². The third-order valence-corrected chi connectivity index (χ3v) is 2.11. The maximum atomic E-state index is 11.3. The lowest BCUT2D eigenvalue weighted by Crippen LogP contribution is -2.22. The quantitative estimate of drug-likeness (QED) is 0.273. The fourth-order valence-corrected chi connectivity index (χ4v) is 1.46. The molecule has 82 valence electrons. The summed E-state index contributed by atoms with van der Waals surface area (Å²) in [4.78, 5) is 15.3. The molecule has 1 amide bonds. The second-order valence-corrected chi connectivity index (χ2v) is 3.09. The number of hydrogen-bond donors (Lipinski definition) is 3. The standard InChI is InChI=1S/C9H9N5O2/c10-8(13-16)6-7(9(11)15)14-4-2-1-3-5(14)12-6/h1-4,16H,(H2,10,13)(H2,11,15). The molecule has 2 heterocycles. The number of imidazole rings is 1. The van der Waals surface area contributed by atoms with E-state index in [1.54, 1.807) is 24.4 Å². The van der Waals surface area contributed by atoms with E-state index in [0.29, 0.717) is 5.65 Å². The van der Waals surface area contributed by atoms with Crippen LogP contribution in [0.3, 0.4) is 0 Å². The van der Waals surface area contributed by atoms with Crippen molar-refractivity contribution in [3.05, 3.63) is 35.8 Å². The summed E-state index contributed by atoms with van der Waals surface area (Å²) in [5, 5.41) is 11.4. The van der Waals surface area contributed by atoms with Gasteiger partial charge < -0.3 is 16.7 Å². The van der Waals surface area contributed by atoms with Crippen LogP contribution in [0, 0.1) is 0 Å². The van der Waals surface area contributed by atoms with Crippen LogP contribution in [0.2, 0.25) is 0 Å². The minimum atomic E-state index is -0.694. The lowest BCUT2D eigenvalue weighted by molar-refractivity contribution is 0.0994. The molecule has 0 aliphatic rings. The molecule has 5 N–H and O–H groups in total. The zero-order valence-electron chi connectivity index (χ0n) is 8.16. The van der Waals surface area contributed by atoms with Crippen molar-refractivity contribution in [3.63, 3.8) is 0 Å². The highest BCUT2D eigenvalue weighted by molar-refractivity contribution is 6.06. The van der Waals surface area contributed by atoms with Gasteiger partial charge in [-0.1, -0.05) is 11.2 Å². The SMILES string of the molecule is NC(=O)c1c(C(N)=NO)nc2ccccn12. The summed E-state index contributed by atoms with van der Waals surface area (Å²) in [7, 11) is 0. The second kappa shape index (κ2) is 3.54. The molecule has 2 rings (SSSR count). The first-order valence-electron chi connectivity index (χ1n) is 4.40. The van der Waals surface area contributed by atoms with E-state index in [2.05, 4.69) is 10.1 Å². The summed E-state index contributed by atoms with van der Waals surface area (Å²) < 4.78 is 1.48. The number of carbonyl (C=O) groups is 1. The van der Waals surface area contributed by atoms with Gasteiger partial charge in [0.2, 0.25) is 0 Å². The number of carbonyl (C=O) groups excluding carboxylic acids is 1. The summed E-state index contributed by atoms with van der Waals surface area (Å²) in [6.45, 7) is 0. The molecule has 0 aromatic carbocycles. The van der Waals surface area contributed by atoms with Gasteiger partial charge in [-0.05, 0) is 12.1 Å². The van der Waals surface area contributed by atoms with Crippen LogP contribution in [0.4, 0.5) is 0 Å². The average Bonchev–Trinajstić information content (AvgIpc) is 2.67. The van der Waals surface area contributed by atoms with Crippen LogP contribution in [0.5, 0.6) is 0 Å². The summed E-state index contributed by atoms with van der Waals surface area (Å²) in [5.41, 5.74) is 11.3. The second-order valence-electron chi connectivity index (χ2n) is 3.09. The third-order valence-electron chi connectivity index (χ3n) is 2.11. The third kappa shape index (κ3) is 1.34. The van der Waals surface area contributed by atoms with Crippen LogP contribution in [-0.2, 0) is 0 Å². The Bertz CT molecular complexity index is 587. The van der Waals surface area contributed by atoms with Gasteiger partial charge in [0, 0.05) is 6.20 Å². The van der Waals surface area contributed by atoms with E-state index < -0.39 is 5.91 Å². The van der Waals surface area contributed by atoms with Gasteiger partial charge in [0.25, 0.3) is 5.91 Å². The largest absolute Gasteiger partial charge is 0.409 e. The fourth-order valence-electron chi connectivity index (χ4n) is 1.46. The number of rotatable bonds is 2. The van der Waals surface area contributed by atoms with E-state index in [9.17, 15) is 4.79 Å². The highest BCUT2D eigenvalue weighted by Gasteiger charge is 2.19. The molecule has 0 unspecified atom stereocenters. The Morgan fingerprint density at radius 3 is 2.81 bits per heavy atom. The van der Waals surface area contributed by atoms with Crippen LogP contribution in [0.25, 0.3) is 5.65 Å². The molecular weight excluding hydrogens is 210 g/mol. The first-order chi connectivity index (χ1) is 7.65. The maximum absolute atomic E-state index is 11.3. The van der Waals surface area contributed by atoms with Crippen LogP contribution < -0.4 is 11.5 Å². The Kier molecular flexibility index (Phi) is 2.20. The average molecular weight is 219 g/mol. The van der Waals surface area contributed by atoms with E-state index in [1.165, 1.54) is 4.40 Å². The summed E-state index contributed by atoms with van der Waals surface area (Å²) in [6, 6.07) is 5.15. The van der Waals surface area contributed by atoms with Crippen molar-refractivity contribution in [1.82, 2.24) is 9.38 Å². The number of hydrogen-bond acceptors (Lipinski definition) is 4. The Balaban J connectivity index is 2.83. The van der Waals surface area contributed by atoms with Crippen LogP contribution >= 0.6 is 0 Å². The molecular formula is C9H9N5O2. The predicted octanol–water partition coefficient (Wildman–Crippen LogP) is -0.472. The zero-order valence-corrected chi connectivity index (χ0v) is 8.16. The number of nitrogens with zero attached hydrogens (tertiary/aromatic N) is 3. The Morgan fingerprint density at radius 1 is 1.44 bits per heavy atom. The molecule has 0 aliphatic carbocycles. The zero-order chi connectivity index (χ0) is 11.7. The Hall–Kier alpha value is -2.57. The van der Waals surface area contributed by atoms with E-state index in [-0.39, 0.29) is 17.2 Å². The van der Waals surface area contributed by atoms with Gasteiger partial charge >= 0.3 is 0 Å². The van der Waals surface area contributed by atoms with Crippen molar-refractivity contribution < 1.29 is 10.0 Å². The number of nitrogens with two attached hydrogens (primary N) is 2. The number of oxime groups is 1.